The standard InChI is InChI=1S/C20H18N2O5/c1-13(20(23)21-18-5-3-4-6-19(18)22(24)25)27-17-10-8-14-7-9-16(26-2)11-15(14)12-17/h3-13H,1-2H3,(H,21,23)/t13-/m0/s1. The van der Waals surface area contributed by atoms with Gasteiger partial charge in [0.1, 0.15) is 17.2 Å². The Hall–Kier alpha value is -3.61. The Morgan fingerprint density at radius 3 is 2.41 bits per heavy atom. The third-order valence-electron chi connectivity index (χ3n) is 4.06. The van der Waals surface area contributed by atoms with E-state index in [-0.39, 0.29) is 11.4 Å². The number of nitrogens with one attached hydrogen (secondary N) is 1. The van der Waals surface area contributed by atoms with Gasteiger partial charge in [0.15, 0.2) is 6.10 Å². The van der Waals surface area contributed by atoms with E-state index >= 15 is 0 Å². The number of nitro groups is 1. The maximum absolute atomic E-state index is 12.4. The molecule has 0 saturated heterocycles. The van der Waals surface area contributed by atoms with E-state index in [9.17, 15) is 14.9 Å². The van der Waals surface area contributed by atoms with E-state index in [1.54, 1.807) is 26.2 Å². The molecule has 0 spiro atoms. The summed E-state index contributed by atoms with van der Waals surface area (Å²) in [6.45, 7) is 1.58. The summed E-state index contributed by atoms with van der Waals surface area (Å²) in [4.78, 5) is 22.9. The molecule has 138 valence electrons. The molecule has 27 heavy (non-hydrogen) atoms. The van der Waals surface area contributed by atoms with Crippen molar-refractivity contribution in [1.29, 1.82) is 0 Å². The number of ether oxygens (including phenoxy) is 2. The van der Waals surface area contributed by atoms with E-state index in [1.807, 2.05) is 30.3 Å². The van der Waals surface area contributed by atoms with Gasteiger partial charge in [-0.05, 0) is 48.0 Å². The molecule has 1 N–H and O–H groups in total. The Morgan fingerprint density at radius 2 is 1.70 bits per heavy atom. The molecular formula is C20H18N2O5. The Labute approximate surface area is 155 Å². The predicted molar refractivity (Wildman–Crippen MR) is 102 cm³/mol. The Balaban J connectivity index is 1.75. The van der Waals surface area contributed by atoms with E-state index in [2.05, 4.69) is 5.32 Å². The number of para-hydroxylation sites is 2. The lowest BCUT2D eigenvalue weighted by atomic mass is 10.1. The normalized spacial score (nSPS) is 11.6. The summed E-state index contributed by atoms with van der Waals surface area (Å²) in [7, 11) is 1.59. The molecule has 1 atom stereocenters. The topological polar surface area (TPSA) is 90.7 Å². The lowest BCUT2D eigenvalue weighted by Crippen LogP contribution is -2.30. The third kappa shape index (κ3) is 4.14. The highest BCUT2D eigenvalue weighted by Gasteiger charge is 2.20. The first kappa shape index (κ1) is 18.2. The van der Waals surface area contributed by atoms with Gasteiger partial charge in [0.05, 0.1) is 12.0 Å². The molecule has 7 heteroatoms. The lowest BCUT2D eigenvalue weighted by molar-refractivity contribution is -0.383. The number of hydrogen-bond acceptors (Lipinski definition) is 5. The monoisotopic (exact) mass is 366 g/mol. The smallest absolute Gasteiger partial charge is 0.292 e. The van der Waals surface area contributed by atoms with Crippen LogP contribution in [0.5, 0.6) is 11.5 Å². The summed E-state index contributed by atoms with van der Waals surface area (Å²) in [5.74, 6) is 0.762. The van der Waals surface area contributed by atoms with Gasteiger partial charge >= 0.3 is 0 Å². The molecule has 0 fully saturated rings. The van der Waals surface area contributed by atoms with Gasteiger partial charge in [0.25, 0.3) is 11.6 Å². The van der Waals surface area contributed by atoms with Gasteiger partial charge in [0.2, 0.25) is 0 Å². The molecule has 0 saturated carbocycles. The maximum atomic E-state index is 12.4. The molecule has 3 rings (SSSR count). The average Bonchev–Trinajstić information content (AvgIpc) is 2.67. The molecule has 7 nitrogen and oxygen atoms in total. The molecule has 0 radical (unpaired) electrons. The van der Waals surface area contributed by atoms with Crippen LogP contribution in [0.25, 0.3) is 10.8 Å². The summed E-state index contributed by atoms with van der Waals surface area (Å²) >= 11 is 0. The molecule has 0 aliphatic carbocycles. The number of nitro benzene ring substituents is 1. The fourth-order valence-electron chi connectivity index (χ4n) is 2.63. The van der Waals surface area contributed by atoms with Crippen molar-refractivity contribution >= 4 is 28.1 Å². The first-order valence-corrected chi connectivity index (χ1v) is 8.26. The van der Waals surface area contributed by atoms with Crippen LogP contribution in [0, 0.1) is 10.1 Å². The number of benzene rings is 3. The summed E-state index contributed by atoms with van der Waals surface area (Å²) in [6, 6.07) is 17.1. The number of amides is 1. The van der Waals surface area contributed by atoms with Crippen LogP contribution in [0.4, 0.5) is 11.4 Å². The van der Waals surface area contributed by atoms with Crippen LogP contribution < -0.4 is 14.8 Å². The first-order valence-electron chi connectivity index (χ1n) is 8.26. The van der Waals surface area contributed by atoms with Crippen molar-refractivity contribution in [3.05, 3.63) is 70.8 Å². The van der Waals surface area contributed by atoms with Crippen molar-refractivity contribution in [3.63, 3.8) is 0 Å². The van der Waals surface area contributed by atoms with Crippen LogP contribution in [0.3, 0.4) is 0 Å². The zero-order valence-corrected chi connectivity index (χ0v) is 14.8. The van der Waals surface area contributed by atoms with E-state index in [4.69, 9.17) is 9.47 Å². The summed E-state index contributed by atoms with van der Waals surface area (Å²) in [5, 5.41) is 15.5. The predicted octanol–water partition coefficient (Wildman–Crippen LogP) is 4.16. The summed E-state index contributed by atoms with van der Waals surface area (Å²) < 4.78 is 10.9. The fourth-order valence-corrected chi connectivity index (χ4v) is 2.63. The van der Waals surface area contributed by atoms with Crippen molar-refractivity contribution < 1.29 is 19.2 Å². The molecule has 0 heterocycles. The second kappa shape index (κ2) is 7.74. The summed E-state index contributed by atoms with van der Waals surface area (Å²) in [6.07, 6.45) is -0.840. The number of methoxy groups -OCH3 is 1. The largest absolute Gasteiger partial charge is 0.497 e. The highest BCUT2D eigenvalue weighted by atomic mass is 16.6. The lowest BCUT2D eigenvalue weighted by Gasteiger charge is -2.15. The van der Waals surface area contributed by atoms with Crippen LogP contribution in [0.15, 0.2) is 60.7 Å². The van der Waals surface area contributed by atoms with Crippen LogP contribution in [0.2, 0.25) is 0 Å². The molecule has 0 aromatic heterocycles. The summed E-state index contributed by atoms with van der Waals surface area (Å²) in [5.41, 5.74) is -0.0398. The van der Waals surface area contributed by atoms with E-state index < -0.39 is 16.9 Å². The zero-order chi connectivity index (χ0) is 19.4. The molecule has 0 unspecified atom stereocenters. The number of anilines is 1. The van der Waals surface area contributed by atoms with Gasteiger partial charge in [-0.25, -0.2) is 0 Å². The van der Waals surface area contributed by atoms with Crippen molar-refractivity contribution in [1.82, 2.24) is 0 Å². The van der Waals surface area contributed by atoms with Crippen molar-refractivity contribution in [2.24, 2.45) is 0 Å². The highest BCUT2D eigenvalue weighted by molar-refractivity contribution is 5.96. The van der Waals surface area contributed by atoms with Gasteiger partial charge < -0.3 is 14.8 Å². The van der Waals surface area contributed by atoms with Gasteiger partial charge in [-0.3, -0.25) is 14.9 Å². The molecule has 0 aliphatic heterocycles. The average molecular weight is 366 g/mol. The second-order valence-corrected chi connectivity index (χ2v) is 5.90. The minimum atomic E-state index is -0.840. The van der Waals surface area contributed by atoms with Gasteiger partial charge in [-0.2, -0.15) is 0 Å². The van der Waals surface area contributed by atoms with Crippen LogP contribution >= 0.6 is 0 Å². The van der Waals surface area contributed by atoms with Gasteiger partial charge in [0, 0.05) is 6.07 Å². The number of rotatable bonds is 6. The quantitative estimate of drug-likeness (QED) is 0.522. The number of nitrogens with zero attached hydrogens (tertiary/aromatic N) is 1. The minimum absolute atomic E-state index is 0.131. The molecule has 3 aromatic carbocycles. The molecular weight excluding hydrogens is 348 g/mol. The molecule has 3 aromatic rings. The van der Waals surface area contributed by atoms with Crippen molar-refractivity contribution in [2.75, 3.05) is 12.4 Å². The third-order valence-corrected chi connectivity index (χ3v) is 4.06. The van der Waals surface area contributed by atoms with Crippen LogP contribution in [-0.4, -0.2) is 24.0 Å². The second-order valence-electron chi connectivity index (χ2n) is 5.90. The Kier molecular flexibility index (Phi) is 5.21. The highest BCUT2D eigenvalue weighted by Crippen LogP contribution is 2.26. The fraction of sp³-hybridized carbons (Fsp3) is 0.150. The first-order chi connectivity index (χ1) is 13.0. The molecule has 0 aliphatic rings. The van der Waals surface area contributed by atoms with Crippen molar-refractivity contribution in [2.45, 2.75) is 13.0 Å². The van der Waals surface area contributed by atoms with E-state index in [1.165, 1.54) is 18.2 Å². The van der Waals surface area contributed by atoms with Crippen LogP contribution in [-0.2, 0) is 4.79 Å². The van der Waals surface area contributed by atoms with E-state index in [0.29, 0.717) is 5.75 Å². The zero-order valence-electron chi connectivity index (χ0n) is 14.8. The minimum Gasteiger partial charge on any atom is -0.497 e. The Morgan fingerprint density at radius 1 is 1.04 bits per heavy atom. The number of carbonyl (C=O) groups excluding carboxylic acids is 1. The molecule has 0 bridgehead atoms. The van der Waals surface area contributed by atoms with Gasteiger partial charge in [-0.15, -0.1) is 0 Å². The SMILES string of the molecule is COc1ccc2ccc(O[C@@H](C)C(=O)Nc3ccccc3[N+](=O)[O-])cc2c1. The van der Waals surface area contributed by atoms with Crippen molar-refractivity contribution in [3.8, 4) is 11.5 Å². The van der Waals surface area contributed by atoms with Crippen LogP contribution in [0.1, 0.15) is 6.92 Å². The van der Waals surface area contributed by atoms with Gasteiger partial charge in [-0.1, -0.05) is 24.3 Å². The number of hydrogen-bond donors (Lipinski definition) is 1. The maximum Gasteiger partial charge on any atom is 0.292 e. The molecule has 1 amide bonds. The number of fused-ring (bicyclic) bond motifs is 1. The Bertz CT molecular complexity index is 1000. The van der Waals surface area contributed by atoms with E-state index in [0.717, 1.165) is 16.5 Å². The number of carbonyl (C=O) groups is 1.